The van der Waals surface area contributed by atoms with Gasteiger partial charge in [-0.25, -0.2) is 14.8 Å². The van der Waals surface area contributed by atoms with Gasteiger partial charge >= 0.3 is 6.09 Å². The van der Waals surface area contributed by atoms with Crippen LogP contribution in [0, 0.1) is 5.92 Å². The van der Waals surface area contributed by atoms with Gasteiger partial charge in [0, 0.05) is 56.6 Å². The van der Waals surface area contributed by atoms with E-state index in [9.17, 15) is 19.5 Å². The highest BCUT2D eigenvalue weighted by atomic mass is 16.7. The van der Waals surface area contributed by atoms with Crippen LogP contribution in [0.2, 0.25) is 0 Å². The number of aromatic nitrogens is 2. The van der Waals surface area contributed by atoms with E-state index in [0.717, 1.165) is 71.4 Å². The fraction of sp³-hybridized carbons (Fsp3) is 0.375. The Bertz CT molecular complexity index is 1840. The predicted molar refractivity (Wildman–Crippen MR) is 194 cm³/mol. The highest BCUT2D eigenvalue weighted by Crippen LogP contribution is 2.42. The number of nitrogens with zero attached hydrogens (tertiary/aromatic N) is 5. The Morgan fingerprint density at radius 1 is 0.849 bits per heavy atom. The molecule has 0 aliphatic carbocycles. The van der Waals surface area contributed by atoms with E-state index < -0.39 is 24.3 Å². The summed E-state index contributed by atoms with van der Waals surface area (Å²) in [6, 6.07) is 25.4. The zero-order valence-corrected chi connectivity index (χ0v) is 29.6. The van der Waals surface area contributed by atoms with Crippen molar-refractivity contribution in [3.63, 3.8) is 0 Å². The van der Waals surface area contributed by atoms with Crippen LogP contribution in [0.3, 0.4) is 0 Å². The molecule has 0 spiro atoms. The van der Waals surface area contributed by atoms with Gasteiger partial charge in [-0.1, -0.05) is 85.8 Å². The Balaban J connectivity index is 0.993. The molecule has 0 radical (unpaired) electrons. The maximum absolute atomic E-state index is 13.1. The topological polar surface area (TPSA) is 147 Å². The predicted octanol–water partition coefficient (Wildman–Crippen LogP) is 4.14. The summed E-state index contributed by atoms with van der Waals surface area (Å²) in [4.78, 5) is 53.0. The first-order chi connectivity index (χ1) is 25.8. The molecule has 3 amide bonds. The van der Waals surface area contributed by atoms with E-state index in [4.69, 9.17) is 14.2 Å². The molecule has 13 nitrogen and oxygen atoms in total. The van der Waals surface area contributed by atoms with Gasteiger partial charge in [0.1, 0.15) is 12.6 Å². The molecule has 1 unspecified atom stereocenters. The number of piperazine rings is 1. The molecule has 3 aromatic carbocycles. The first-order valence-electron chi connectivity index (χ1n) is 18.0. The summed E-state index contributed by atoms with van der Waals surface area (Å²) in [5, 5.41) is 12.1. The molecule has 4 heterocycles. The van der Waals surface area contributed by atoms with E-state index in [-0.39, 0.29) is 50.2 Å². The number of amides is 3. The van der Waals surface area contributed by atoms with Gasteiger partial charge in [-0.05, 0) is 28.3 Å². The molecule has 276 valence electrons. The minimum absolute atomic E-state index is 0.0326. The molecular weight excluding hydrogens is 676 g/mol. The first-order valence-corrected chi connectivity index (χ1v) is 18.0. The summed E-state index contributed by atoms with van der Waals surface area (Å²) in [6.45, 7) is 6.30. The molecule has 0 saturated carbocycles. The molecule has 1 aromatic heterocycles. The number of ether oxygens (including phenoxy) is 3. The molecule has 7 rings (SSSR count). The van der Waals surface area contributed by atoms with Crippen LogP contribution in [-0.2, 0) is 43.6 Å². The maximum atomic E-state index is 13.1. The number of nitrogens with one attached hydrogen (secondary N) is 1. The van der Waals surface area contributed by atoms with Crippen molar-refractivity contribution in [3.8, 4) is 0 Å². The van der Waals surface area contributed by atoms with E-state index in [2.05, 4.69) is 32.0 Å². The minimum Gasteiger partial charge on any atom is -0.445 e. The number of carbonyl (C=O) groups excluding carboxylic acids is 3. The summed E-state index contributed by atoms with van der Waals surface area (Å²) >= 11 is 0. The van der Waals surface area contributed by atoms with Crippen molar-refractivity contribution < 1.29 is 33.7 Å². The van der Waals surface area contributed by atoms with Gasteiger partial charge in [-0.2, -0.15) is 0 Å². The number of carbonyl (C=O) groups is 3. The SMILES string of the molecule is C[C@H]1[C@@H](CN2CCN(c3ncccn3)CC2)O[C@@H](c2ccc(CN3C(=O)CC(NC(=O)OCc4ccccc4)C3=O)cc2)O[C@H]1c1ccc(CO)cc1. The van der Waals surface area contributed by atoms with Crippen molar-refractivity contribution in [2.24, 2.45) is 5.92 Å². The summed E-state index contributed by atoms with van der Waals surface area (Å²) in [7, 11) is 0. The molecular formula is C40H44N6O7. The van der Waals surface area contributed by atoms with Crippen LogP contribution in [0.5, 0.6) is 0 Å². The largest absolute Gasteiger partial charge is 0.445 e. The Hall–Kier alpha value is -5.21. The van der Waals surface area contributed by atoms with E-state index in [1.54, 1.807) is 12.4 Å². The summed E-state index contributed by atoms with van der Waals surface area (Å²) in [5.74, 6) is -0.0635. The number of imide groups is 1. The van der Waals surface area contributed by atoms with Crippen LogP contribution in [-0.4, -0.2) is 87.7 Å². The Morgan fingerprint density at radius 2 is 1.53 bits per heavy atom. The van der Waals surface area contributed by atoms with Crippen LogP contribution in [0.15, 0.2) is 97.3 Å². The van der Waals surface area contributed by atoms with Gasteiger partial charge in [0.2, 0.25) is 11.9 Å². The van der Waals surface area contributed by atoms with Gasteiger partial charge in [-0.15, -0.1) is 0 Å². The lowest BCUT2D eigenvalue weighted by Gasteiger charge is -2.44. The van der Waals surface area contributed by atoms with Crippen LogP contribution in [0.25, 0.3) is 0 Å². The Kier molecular flexibility index (Phi) is 11.4. The second-order valence-electron chi connectivity index (χ2n) is 13.7. The molecule has 0 bridgehead atoms. The summed E-state index contributed by atoms with van der Waals surface area (Å²) in [6.07, 6.45) is 1.60. The third-order valence-corrected chi connectivity index (χ3v) is 10.1. The number of hydrogen-bond acceptors (Lipinski definition) is 11. The lowest BCUT2D eigenvalue weighted by molar-refractivity contribution is -0.276. The number of aliphatic hydroxyl groups is 1. The third kappa shape index (κ3) is 8.71. The fourth-order valence-corrected chi connectivity index (χ4v) is 7.00. The van der Waals surface area contributed by atoms with E-state index >= 15 is 0 Å². The van der Waals surface area contributed by atoms with Crippen LogP contribution >= 0.6 is 0 Å². The number of rotatable bonds is 11. The van der Waals surface area contributed by atoms with E-state index in [1.165, 1.54) is 0 Å². The highest BCUT2D eigenvalue weighted by Gasteiger charge is 2.41. The lowest BCUT2D eigenvalue weighted by Crippen LogP contribution is -2.51. The normalized spacial score (nSPS) is 23.6. The van der Waals surface area contributed by atoms with Gasteiger partial charge in [0.15, 0.2) is 6.29 Å². The fourth-order valence-electron chi connectivity index (χ4n) is 7.00. The first kappa shape index (κ1) is 36.2. The maximum Gasteiger partial charge on any atom is 0.408 e. The summed E-state index contributed by atoms with van der Waals surface area (Å²) < 4.78 is 18.6. The molecule has 3 fully saturated rings. The minimum atomic E-state index is -0.981. The quantitative estimate of drug-likeness (QED) is 0.216. The molecule has 3 aliphatic heterocycles. The smallest absolute Gasteiger partial charge is 0.408 e. The second kappa shape index (κ2) is 16.6. The van der Waals surface area contributed by atoms with Crippen molar-refractivity contribution in [1.29, 1.82) is 0 Å². The molecule has 3 aliphatic rings. The number of aliphatic hydroxyl groups excluding tert-OH is 1. The highest BCUT2D eigenvalue weighted by molar-refractivity contribution is 6.06. The van der Waals surface area contributed by atoms with Crippen molar-refractivity contribution in [2.45, 2.75) is 57.6 Å². The van der Waals surface area contributed by atoms with Crippen LogP contribution < -0.4 is 10.2 Å². The zero-order chi connectivity index (χ0) is 36.7. The summed E-state index contributed by atoms with van der Waals surface area (Å²) in [5.41, 5.74) is 4.22. The monoisotopic (exact) mass is 720 g/mol. The lowest BCUT2D eigenvalue weighted by atomic mass is 9.90. The Labute approximate surface area is 308 Å². The van der Waals surface area contributed by atoms with Gasteiger partial charge < -0.3 is 29.5 Å². The number of alkyl carbamates (subject to hydrolysis) is 1. The molecule has 5 atom stereocenters. The van der Waals surface area contributed by atoms with Crippen LogP contribution in [0.4, 0.5) is 10.7 Å². The standard InChI is InChI=1S/C40H44N6O7/c1-27-34(24-44-18-20-45(21-19-44)39-41-16-5-17-42-39)52-38(53-36(27)31-12-10-29(25-47)11-13-31)32-14-8-28(9-15-32)23-46-35(48)22-33(37(46)49)43-40(50)51-26-30-6-3-2-4-7-30/h2-17,27,33-34,36,38,47H,18-26H2,1H3,(H,43,50)/t27-,33?,34+,36+,38+/m0/s1. The zero-order valence-electron chi connectivity index (χ0n) is 29.6. The number of hydrogen-bond donors (Lipinski definition) is 2. The molecule has 53 heavy (non-hydrogen) atoms. The number of likely N-dealkylation sites (tertiary alicyclic amines) is 1. The molecule has 2 N–H and O–H groups in total. The average molecular weight is 721 g/mol. The average Bonchev–Trinajstić information content (AvgIpc) is 3.46. The molecule has 4 aromatic rings. The molecule has 3 saturated heterocycles. The number of anilines is 1. The van der Waals surface area contributed by atoms with Crippen molar-refractivity contribution in [2.75, 3.05) is 37.6 Å². The van der Waals surface area contributed by atoms with Crippen molar-refractivity contribution >= 4 is 23.9 Å². The van der Waals surface area contributed by atoms with Gasteiger partial charge in [0.05, 0.1) is 31.8 Å². The van der Waals surface area contributed by atoms with Crippen LogP contribution in [0.1, 0.15) is 53.6 Å². The van der Waals surface area contributed by atoms with Crippen molar-refractivity contribution in [1.82, 2.24) is 25.1 Å². The molecule has 13 heteroatoms. The van der Waals surface area contributed by atoms with Crippen molar-refractivity contribution in [3.05, 3.63) is 125 Å². The Morgan fingerprint density at radius 3 is 2.23 bits per heavy atom. The van der Waals surface area contributed by atoms with E-state index in [0.29, 0.717) is 0 Å². The third-order valence-electron chi connectivity index (χ3n) is 10.1. The number of benzene rings is 3. The van der Waals surface area contributed by atoms with E-state index in [1.807, 2.05) is 84.9 Å². The van der Waals surface area contributed by atoms with Gasteiger partial charge in [0.25, 0.3) is 5.91 Å². The second-order valence-corrected chi connectivity index (χ2v) is 13.7. The van der Waals surface area contributed by atoms with Gasteiger partial charge in [-0.3, -0.25) is 19.4 Å².